The molecule has 19 heteroatoms. The summed E-state index contributed by atoms with van der Waals surface area (Å²) in [5.41, 5.74) is 4.40. The maximum absolute atomic E-state index is 12.8. The van der Waals surface area contributed by atoms with Crippen molar-refractivity contribution in [1.82, 2.24) is 21.3 Å². The zero-order valence-corrected chi connectivity index (χ0v) is 49.9. The van der Waals surface area contributed by atoms with Crippen LogP contribution >= 0.6 is 9.47 Å². The quantitative estimate of drug-likeness (QED) is 0.00634. The molecule has 0 aliphatic heterocycles. The molecule has 83 heavy (non-hydrogen) atoms. The van der Waals surface area contributed by atoms with Crippen molar-refractivity contribution in [2.24, 2.45) is 5.90 Å². The predicted molar refractivity (Wildman–Crippen MR) is 324 cm³/mol. The van der Waals surface area contributed by atoms with Crippen molar-refractivity contribution in [2.75, 3.05) is 26.2 Å². The van der Waals surface area contributed by atoms with E-state index in [1.54, 1.807) is 0 Å². The molecule has 454 valence electrons. The first-order valence-corrected chi connectivity index (χ1v) is 29.0. The number of rotatable bonds is 35. The van der Waals surface area contributed by atoms with Gasteiger partial charge in [0, 0.05) is 60.3 Å². The van der Waals surface area contributed by atoms with Crippen molar-refractivity contribution in [3.8, 4) is 0 Å². The molecule has 2 unspecified atom stereocenters. The Kier molecular flexibility index (Phi) is 45.7. The number of esters is 3. The highest BCUT2D eigenvalue weighted by Crippen LogP contribution is 2.10. The van der Waals surface area contributed by atoms with Crippen LogP contribution in [-0.2, 0) is 78.8 Å². The average Bonchev–Trinajstić information content (AvgIpc) is 3.52. The van der Waals surface area contributed by atoms with Crippen LogP contribution in [0.2, 0.25) is 0 Å². The lowest BCUT2D eigenvalue weighted by atomic mass is 10.1. The molecule has 0 aromatic heterocycles. The molecule has 0 aliphatic carbocycles. The molecular formula is C64H89FN5O12P. The summed E-state index contributed by atoms with van der Waals surface area (Å²) in [6, 6.07) is 42.9. The van der Waals surface area contributed by atoms with E-state index in [9.17, 15) is 38.0 Å². The van der Waals surface area contributed by atoms with E-state index in [2.05, 4.69) is 42.5 Å². The second-order valence-electron chi connectivity index (χ2n) is 18.3. The molecular weight excluding hydrogens is 1080 g/mol. The molecule has 0 bridgehead atoms. The van der Waals surface area contributed by atoms with Gasteiger partial charge in [0.1, 0.15) is 31.7 Å². The predicted octanol–water partition coefficient (Wildman–Crippen LogP) is 10.9. The van der Waals surface area contributed by atoms with Crippen LogP contribution in [0.15, 0.2) is 146 Å². The molecule has 5 aromatic carbocycles. The SMILES string of the molecule is CC.CCCCCCNC(=O)CCCCCNC(=O)c1ccc(F)cc1.NOCCCCNC(=O)CCC(NC=O)C(=O)OCc1ccccc1.O=C(CCCC(=O)OCc1ccccc1)OCc1ccccc1.POCc1ccccc1. The number of hydrogen-bond donors (Lipinski definition) is 5. The zero-order chi connectivity index (χ0) is 60.8. The smallest absolute Gasteiger partial charge is 0.328 e. The lowest BCUT2D eigenvalue weighted by Crippen LogP contribution is -2.38. The summed E-state index contributed by atoms with van der Waals surface area (Å²) in [4.78, 5) is 85.5. The molecule has 17 nitrogen and oxygen atoms in total. The van der Waals surface area contributed by atoms with E-state index in [0.717, 1.165) is 61.8 Å². The van der Waals surface area contributed by atoms with E-state index in [0.29, 0.717) is 51.1 Å². The third-order valence-electron chi connectivity index (χ3n) is 11.6. The fourth-order valence-electron chi connectivity index (χ4n) is 7.11. The minimum Gasteiger partial charge on any atom is -0.461 e. The normalized spacial score (nSPS) is 10.3. The number of nitrogens with two attached hydrogens (primary N) is 1. The molecule has 0 saturated heterocycles. The van der Waals surface area contributed by atoms with Crippen LogP contribution in [0.5, 0.6) is 0 Å². The number of halogens is 1. The van der Waals surface area contributed by atoms with Crippen molar-refractivity contribution in [2.45, 2.75) is 150 Å². The van der Waals surface area contributed by atoms with E-state index < -0.39 is 12.0 Å². The summed E-state index contributed by atoms with van der Waals surface area (Å²) in [7, 11) is 2.23. The Morgan fingerprint density at radius 3 is 1.41 bits per heavy atom. The third kappa shape index (κ3) is 41.3. The summed E-state index contributed by atoms with van der Waals surface area (Å²) in [5, 5.41) is 10.9. The fourth-order valence-corrected chi connectivity index (χ4v) is 7.30. The van der Waals surface area contributed by atoms with Crippen LogP contribution < -0.4 is 27.2 Å². The first-order chi connectivity index (χ1) is 40.5. The van der Waals surface area contributed by atoms with Gasteiger partial charge in [-0.1, -0.05) is 168 Å². The van der Waals surface area contributed by atoms with Gasteiger partial charge in [-0.2, -0.15) is 0 Å². The molecule has 0 aliphatic rings. The highest BCUT2D eigenvalue weighted by molar-refractivity contribution is 7.09. The first kappa shape index (κ1) is 73.6. The standard InChI is InChI=1S/C19H29FN2O2.C19H20O4.C17H25N3O5.C7H9OP.C2H6/c1-2-3-4-7-14-21-18(23)9-6-5-8-15-22-19(24)16-10-12-17(20)13-11-16;20-18(22-14-16-8-3-1-4-9-16)12-7-13-19(21)23-15-17-10-5-2-6-11-17;18-25-11-5-4-10-19-16(22)9-8-15(20-13-21)17(23)24-12-14-6-2-1-3-7-14;9-8-6-7-4-2-1-3-5-7;1-2/h10-13H,2-9,14-15H2,1H3,(H,21,23)(H,22,24);1-6,8-11H,7,12-15H2;1-3,6-7,13,15H,4-5,8-12,18H2,(H,19,22)(H,20,21);1-5H,6,9H2;1-2H3. The maximum atomic E-state index is 12.8. The van der Waals surface area contributed by atoms with Crippen molar-refractivity contribution >= 4 is 51.5 Å². The second-order valence-corrected chi connectivity index (χ2v) is 18.7. The molecule has 2 atom stereocenters. The van der Waals surface area contributed by atoms with Gasteiger partial charge in [-0.05, 0) is 91.5 Å². The van der Waals surface area contributed by atoms with Crippen LogP contribution in [0.1, 0.15) is 150 Å². The van der Waals surface area contributed by atoms with Crippen LogP contribution in [0.4, 0.5) is 4.39 Å². The van der Waals surface area contributed by atoms with Crippen LogP contribution in [0.25, 0.3) is 0 Å². The van der Waals surface area contributed by atoms with E-state index in [-0.39, 0.29) is 81.0 Å². The highest BCUT2D eigenvalue weighted by atomic mass is 31.0. The van der Waals surface area contributed by atoms with Gasteiger partial charge in [0.25, 0.3) is 5.91 Å². The van der Waals surface area contributed by atoms with Gasteiger partial charge < -0.3 is 44.8 Å². The molecule has 5 aromatic rings. The van der Waals surface area contributed by atoms with Crippen LogP contribution in [0, 0.1) is 5.82 Å². The number of ether oxygens (including phenoxy) is 3. The molecule has 6 N–H and O–H groups in total. The van der Waals surface area contributed by atoms with Crippen molar-refractivity contribution in [1.29, 1.82) is 0 Å². The number of unbranched alkanes of at least 4 members (excludes halogenated alkanes) is 6. The first-order valence-electron chi connectivity index (χ1n) is 28.5. The molecule has 0 radical (unpaired) electrons. The van der Waals surface area contributed by atoms with Gasteiger partial charge >= 0.3 is 17.9 Å². The molecule has 0 saturated carbocycles. The number of carbonyl (C=O) groups is 7. The largest absolute Gasteiger partial charge is 0.461 e. The van der Waals surface area contributed by atoms with Crippen molar-refractivity contribution < 1.29 is 61.5 Å². The molecule has 0 spiro atoms. The maximum Gasteiger partial charge on any atom is 0.328 e. The van der Waals surface area contributed by atoms with E-state index in [1.165, 1.54) is 49.1 Å². The summed E-state index contributed by atoms with van der Waals surface area (Å²) in [6.45, 7) is 9.76. The minimum atomic E-state index is -0.849. The lowest BCUT2D eigenvalue weighted by Gasteiger charge is -2.15. The van der Waals surface area contributed by atoms with Crippen LogP contribution in [-0.4, -0.2) is 74.3 Å². The third-order valence-corrected chi connectivity index (χ3v) is 11.8. The molecule has 4 amide bonds. The Bertz CT molecular complexity index is 2390. The second kappa shape index (κ2) is 51.5. The van der Waals surface area contributed by atoms with E-state index in [1.807, 2.05) is 135 Å². The zero-order valence-electron chi connectivity index (χ0n) is 48.7. The topological polar surface area (TPSA) is 240 Å². The van der Waals surface area contributed by atoms with Gasteiger partial charge in [0.05, 0.1) is 13.2 Å². The summed E-state index contributed by atoms with van der Waals surface area (Å²) in [6.07, 6.45) is 10.8. The van der Waals surface area contributed by atoms with Gasteiger partial charge in [0.2, 0.25) is 18.2 Å². The Morgan fingerprint density at radius 1 is 0.518 bits per heavy atom. The lowest BCUT2D eigenvalue weighted by molar-refractivity contribution is -0.149. The van der Waals surface area contributed by atoms with E-state index in [4.69, 9.17) is 24.6 Å². The number of amides is 4. The Balaban J connectivity index is 0.000000569. The van der Waals surface area contributed by atoms with Crippen molar-refractivity contribution in [3.63, 3.8) is 0 Å². The van der Waals surface area contributed by atoms with Crippen molar-refractivity contribution in [3.05, 3.63) is 179 Å². The molecule has 5 rings (SSSR count). The van der Waals surface area contributed by atoms with E-state index >= 15 is 0 Å². The Labute approximate surface area is 493 Å². The number of hydrogen-bond acceptors (Lipinski definition) is 13. The fraction of sp³-hybridized carbons (Fsp3) is 0.422. The van der Waals surface area contributed by atoms with Gasteiger partial charge in [-0.25, -0.2) is 15.1 Å². The molecule has 0 heterocycles. The Hall–Kier alpha value is -7.37. The number of carbonyl (C=O) groups excluding carboxylic acids is 7. The highest BCUT2D eigenvalue weighted by Gasteiger charge is 2.20. The number of nitrogens with one attached hydrogen (secondary N) is 4. The average molecular weight is 1170 g/mol. The summed E-state index contributed by atoms with van der Waals surface area (Å²) < 4.78 is 33.1. The summed E-state index contributed by atoms with van der Waals surface area (Å²) >= 11 is 0. The monoisotopic (exact) mass is 1170 g/mol. The van der Waals surface area contributed by atoms with Gasteiger partial charge in [-0.3, -0.25) is 28.8 Å². The van der Waals surface area contributed by atoms with Crippen LogP contribution in [0.3, 0.4) is 0 Å². The molecule has 0 fully saturated rings. The summed E-state index contributed by atoms with van der Waals surface area (Å²) in [5.74, 6) is 3.11. The van der Waals surface area contributed by atoms with Gasteiger partial charge in [-0.15, -0.1) is 0 Å². The number of benzene rings is 5. The minimum absolute atomic E-state index is 0.110. The Morgan fingerprint density at radius 2 is 0.952 bits per heavy atom. The van der Waals surface area contributed by atoms with Gasteiger partial charge in [0.15, 0.2) is 0 Å².